The number of unbranched alkanes of at least 4 members (excludes halogenated alkanes) is 1. The number of hydrogen-bond acceptors (Lipinski definition) is 4. The Hall–Kier alpha value is -1.26. The number of phenolic OH excluding ortho intramolecular Hbond substituents is 2. The molecule has 1 aliphatic rings. The van der Waals surface area contributed by atoms with Crippen molar-refractivity contribution < 1.29 is 10.2 Å². The minimum atomic E-state index is -0.0497. The predicted octanol–water partition coefficient (Wildman–Crippen LogP) is 2.45. The first-order valence-corrected chi connectivity index (χ1v) is 7.65. The molecular weight excluding hydrogens is 252 g/mol. The van der Waals surface area contributed by atoms with Gasteiger partial charge in [0.15, 0.2) is 11.5 Å². The van der Waals surface area contributed by atoms with E-state index in [0.717, 1.165) is 31.7 Å². The highest BCUT2D eigenvalue weighted by Crippen LogP contribution is 2.25. The molecule has 3 N–H and O–H groups in total. The first-order valence-electron chi connectivity index (χ1n) is 7.65. The van der Waals surface area contributed by atoms with Crippen LogP contribution in [0.5, 0.6) is 11.5 Å². The van der Waals surface area contributed by atoms with Gasteiger partial charge in [0, 0.05) is 19.1 Å². The zero-order valence-corrected chi connectivity index (χ0v) is 12.3. The van der Waals surface area contributed by atoms with Crippen LogP contribution in [-0.2, 0) is 6.54 Å². The van der Waals surface area contributed by atoms with E-state index >= 15 is 0 Å². The van der Waals surface area contributed by atoms with E-state index in [0.29, 0.717) is 6.04 Å². The number of hydrogen-bond donors (Lipinski definition) is 3. The molecule has 4 nitrogen and oxygen atoms in total. The van der Waals surface area contributed by atoms with Crippen molar-refractivity contribution in [2.24, 2.45) is 0 Å². The topological polar surface area (TPSA) is 55.7 Å². The van der Waals surface area contributed by atoms with Crippen molar-refractivity contribution in [1.29, 1.82) is 0 Å². The molecule has 2 rings (SSSR count). The zero-order valence-electron chi connectivity index (χ0n) is 12.3. The maximum Gasteiger partial charge on any atom is 0.157 e. The van der Waals surface area contributed by atoms with Crippen LogP contribution >= 0.6 is 0 Å². The zero-order chi connectivity index (χ0) is 14.4. The molecule has 1 fully saturated rings. The Morgan fingerprint density at radius 3 is 2.80 bits per heavy atom. The Labute approximate surface area is 121 Å². The third-order valence-electron chi connectivity index (χ3n) is 3.91. The van der Waals surface area contributed by atoms with Gasteiger partial charge in [0.1, 0.15) is 0 Å². The Morgan fingerprint density at radius 1 is 1.30 bits per heavy atom. The monoisotopic (exact) mass is 278 g/mol. The molecule has 1 unspecified atom stereocenters. The molecule has 0 spiro atoms. The molecule has 0 saturated carbocycles. The van der Waals surface area contributed by atoms with Crippen LogP contribution < -0.4 is 5.32 Å². The maximum absolute atomic E-state index is 9.59. The first-order chi connectivity index (χ1) is 9.69. The van der Waals surface area contributed by atoms with Crippen LogP contribution in [0.1, 0.15) is 38.2 Å². The van der Waals surface area contributed by atoms with Crippen LogP contribution in [0.3, 0.4) is 0 Å². The summed E-state index contributed by atoms with van der Waals surface area (Å²) in [6.45, 7) is 6.30. The summed E-state index contributed by atoms with van der Waals surface area (Å²) in [6.07, 6.45) is 4.90. The summed E-state index contributed by atoms with van der Waals surface area (Å²) in [7, 11) is 0. The highest BCUT2D eigenvalue weighted by atomic mass is 16.3. The van der Waals surface area contributed by atoms with Gasteiger partial charge in [-0.2, -0.15) is 0 Å². The van der Waals surface area contributed by atoms with Gasteiger partial charge in [0.05, 0.1) is 0 Å². The molecule has 1 aromatic carbocycles. The normalized spacial score (nSPS) is 18.8. The first kappa shape index (κ1) is 15.1. The molecule has 0 amide bonds. The Balaban J connectivity index is 1.95. The number of nitrogens with one attached hydrogen (secondary N) is 1. The summed E-state index contributed by atoms with van der Waals surface area (Å²) in [4.78, 5) is 2.44. The van der Waals surface area contributed by atoms with Crippen LogP contribution in [0.25, 0.3) is 0 Å². The fourth-order valence-corrected chi connectivity index (χ4v) is 2.77. The lowest BCUT2D eigenvalue weighted by molar-refractivity contribution is 0.237. The van der Waals surface area contributed by atoms with Gasteiger partial charge < -0.3 is 15.5 Å². The Kier molecular flexibility index (Phi) is 5.68. The van der Waals surface area contributed by atoms with E-state index in [1.165, 1.54) is 25.7 Å². The van der Waals surface area contributed by atoms with E-state index in [4.69, 9.17) is 0 Å². The summed E-state index contributed by atoms with van der Waals surface area (Å²) < 4.78 is 0. The van der Waals surface area contributed by atoms with Gasteiger partial charge in [-0.3, -0.25) is 4.90 Å². The second-order valence-electron chi connectivity index (χ2n) is 5.71. The van der Waals surface area contributed by atoms with E-state index in [1.807, 2.05) is 6.07 Å². The van der Waals surface area contributed by atoms with Gasteiger partial charge >= 0.3 is 0 Å². The minimum absolute atomic E-state index is 0.0306. The molecule has 1 heterocycles. The molecule has 4 heteroatoms. The van der Waals surface area contributed by atoms with E-state index in [2.05, 4.69) is 17.1 Å². The van der Waals surface area contributed by atoms with E-state index in [1.54, 1.807) is 12.1 Å². The fraction of sp³-hybridized carbons (Fsp3) is 0.625. The summed E-state index contributed by atoms with van der Waals surface area (Å²) in [5.74, 6) is -0.0803. The quantitative estimate of drug-likeness (QED) is 0.671. The second-order valence-corrected chi connectivity index (χ2v) is 5.71. The lowest BCUT2D eigenvalue weighted by Crippen LogP contribution is -2.37. The van der Waals surface area contributed by atoms with Crippen molar-refractivity contribution in [3.05, 3.63) is 23.8 Å². The van der Waals surface area contributed by atoms with Gasteiger partial charge in [0.2, 0.25) is 0 Å². The standard InChI is InChI=1S/C16H26N2O2/c1-2-3-9-18(12-14-5-4-8-17-14)11-13-6-7-15(19)16(20)10-13/h6-7,10,14,17,19-20H,2-5,8-9,11-12H2,1H3. The van der Waals surface area contributed by atoms with Crippen molar-refractivity contribution in [1.82, 2.24) is 10.2 Å². The van der Waals surface area contributed by atoms with Crippen LogP contribution in [0.15, 0.2) is 18.2 Å². The number of phenols is 2. The predicted molar refractivity (Wildman–Crippen MR) is 81.0 cm³/mol. The van der Waals surface area contributed by atoms with Gasteiger partial charge in [-0.25, -0.2) is 0 Å². The third kappa shape index (κ3) is 4.39. The highest BCUT2D eigenvalue weighted by molar-refractivity contribution is 5.40. The second kappa shape index (κ2) is 7.50. The maximum atomic E-state index is 9.59. The van der Waals surface area contributed by atoms with Crippen molar-refractivity contribution in [3.63, 3.8) is 0 Å². The number of nitrogens with zero attached hydrogens (tertiary/aromatic N) is 1. The third-order valence-corrected chi connectivity index (χ3v) is 3.91. The number of rotatable bonds is 7. The largest absolute Gasteiger partial charge is 0.504 e. The van der Waals surface area contributed by atoms with Crippen molar-refractivity contribution in [3.8, 4) is 11.5 Å². The molecule has 1 saturated heterocycles. The molecule has 0 aromatic heterocycles. The molecule has 0 aliphatic carbocycles. The molecule has 0 bridgehead atoms. The molecular formula is C16H26N2O2. The van der Waals surface area contributed by atoms with Gasteiger partial charge in [-0.05, 0) is 50.0 Å². The smallest absolute Gasteiger partial charge is 0.157 e. The molecule has 1 aliphatic heterocycles. The van der Waals surface area contributed by atoms with Crippen molar-refractivity contribution in [2.45, 2.75) is 45.2 Å². The molecule has 1 aromatic rings. The molecule has 1 atom stereocenters. The van der Waals surface area contributed by atoms with E-state index in [9.17, 15) is 10.2 Å². The number of benzene rings is 1. The summed E-state index contributed by atoms with van der Waals surface area (Å²) >= 11 is 0. The summed E-state index contributed by atoms with van der Waals surface area (Å²) in [5, 5.41) is 22.5. The average Bonchev–Trinajstić information content (AvgIpc) is 2.93. The van der Waals surface area contributed by atoms with E-state index in [-0.39, 0.29) is 11.5 Å². The van der Waals surface area contributed by atoms with Gasteiger partial charge in [0.25, 0.3) is 0 Å². The van der Waals surface area contributed by atoms with Gasteiger partial charge in [-0.1, -0.05) is 19.4 Å². The Morgan fingerprint density at radius 2 is 2.15 bits per heavy atom. The minimum Gasteiger partial charge on any atom is -0.504 e. The Bertz CT molecular complexity index is 417. The highest BCUT2D eigenvalue weighted by Gasteiger charge is 2.18. The van der Waals surface area contributed by atoms with Crippen LogP contribution in [-0.4, -0.2) is 40.8 Å². The fourth-order valence-electron chi connectivity index (χ4n) is 2.77. The van der Waals surface area contributed by atoms with Crippen LogP contribution in [0.2, 0.25) is 0 Å². The lowest BCUT2D eigenvalue weighted by atomic mass is 10.1. The lowest BCUT2D eigenvalue weighted by Gasteiger charge is -2.25. The molecule has 20 heavy (non-hydrogen) atoms. The van der Waals surface area contributed by atoms with Crippen molar-refractivity contribution >= 4 is 0 Å². The average molecular weight is 278 g/mol. The molecule has 112 valence electrons. The SMILES string of the molecule is CCCCN(Cc1ccc(O)c(O)c1)CC1CCCN1. The number of aromatic hydroxyl groups is 2. The van der Waals surface area contributed by atoms with E-state index < -0.39 is 0 Å². The molecule has 0 radical (unpaired) electrons. The van der Waals surface area contributed by atoms with Crippen LogP contribution in [0, 0.1) is 0 Å². The van der Waals surface area contributed by atoms with Crippen molar-refractivity contribution in [2.75, 3.05) is 19.6 Å². The summed E-state index contributed by atoms with van der Waals surface area (Å²) in [5.41, 5.74) is 1.05. The van der Waals surface area contributed by atoms with Gasteiger partial charge in [-0.15, -0.1) is 0 Å². The van der Waals surface area contributed by atoms with Crippen LogP contribution in [0.4, 0.5) is 0 Å². The summed E-state index contributed by atoms with van der Waals surface area (Å²) in [6, 6.07) is 5.71.